The fourth-order valence-electron chi connectivity index (χ4n) is 2.87. The Morgan fingerprint density at radius 3 is 3.04 bits per heavy atom. The van der Waals surface area contributed by atoms with E-state index in [1.54, 1.807) is 10.7 Å². The van der Waals surface area contributed by atoms with Gasteiger partial charge >= 0.3 is 0 Å². The third-order valence-electron chi connectivity index (χ3n) is 4.24. The number of carbonyl (C=O) groups is 1. The Hall–Kier alpha value is -1.63. The molecule has 0 bridgehead atoms. The molecule has 3 rings (SSSR count). The van der Waals surface area contributed by atoms with Crippen molar-refractivity contribution in [3.63, 3.8) is 0 Å². The zero-order valence-electron chi connectivity index (χ0n) is 13.5. The minimum absolute atomic E-state index is 0.255. The molecule has 1 N–H and O–H groups in total. The number of imidazole rings is 1. The minimum atomic E-state index is 0.255. The van der Waals surface area contributed by atoms with E-state index in [2.05, 4.69) is 45.2 Å². The van der Waals surface area contributed by atoms with Gasteiger partial charge in [0, 0.05) is 25.6 Å². The molecule has 3 heterocycles. The van der Waals surface area contributed by atoms with Gasteiger partial charge in [0.05, 0.1) is 6.20 Å². The largest absolute Gasteiger partial charge is 0.367 e. The second-order valence-corrected chi connectivity index (χ2v) is 7.23. The molecule has 23 heavy (non-hydrogen) atoms. The molecule has 2 aromatic rings. The smallest absolute Gasteiger partial charge is 0.222 e. The summed E-state index contributed by atoms with van der Waals surface area (Å²) in [6.07, 6.45) is 4.36. The van der Waals surface area contributed by atoms with Crippen molar-refractivity contribution in [1.29, 1.82) is 0 Å². The lowest BCUT2D eigenvalue weighted by molar-refractivity contribution is -0.128. The van der Waals surface area contributed by atoms with Gasteiger partial charge in [0.1, 0.15) is 10.4 Å². The van der Waals surface area contributed by atoms with Crippen molar-refractivity contribution in [2.45, 2.75) is 39.2 Å². The molecule has 2 aromatic heterocycles. The van der Waals surface area contributed by atoms with Crippen LogP contribution in [0, 0.1) is 5.92 Å². The van der Waals surface area contributed by atoms with Crippen molar-refractivity contribution in [2.75, 3.05) is 18.4 Å². The topological polar surface area (TPSA) is 62.5 Å². The maximum Gasteiger partial charge on any atom is 0.222 e. The molecular formula is C16H22BrN5O. The number of fused-ring (bicyclic) bond motifs is 1. The summed E-state index contributed by atoms with van der Waals surface area (Å²) in [4.78, 5) is 18.3. The van der Waals surface area contributed by atoms with Crippen LogP contribution in [0.25, 0.3) is 5.65 Å². The van der Waals surface area contributed by atoms with Crippen LogP contribution in [0.1, 0.15) is 33.1 Å². The van der Waals surface area contributed by atoms with Gasteiger partial charge in [-0.1, -0.05) is 13.8 Å². The summed E-state index contributed by atoms with van der Waals surface area (Å²) in [6.45, 7) is 5.96. The van der Waals surface area contributed by atoms with Gasteiger partial charge in [-0.3, -0.25) is 4.79 Å². The number of hydrogen-bond acceptors (Lipinski definition) is 4. The predicted octanol–water partition coefficient (Wildman–Crippen LogP) is 2.94. The van der Waals surface area contributed by atoms with Gasteiger partial charge in [-0.15, -0.1) is 5.10 Å². The van der Waals surface area contributed by atoms with E-state index in [0.717, 1.165) is 42.0 Å². The van der Waals surface area contributed by atoms with Crippen molar-refractivity contribution in [3.8, 4) is 0 Å². The van der Waals surface area contributed by atoms with E-state index in [1.165, 1.54) is 0 Å². The summed E-state index contributed by atoms with van der Waals surface area (Å²) in [5, 5.41) is 7.87. The number of carbonyl (C=O) groups excluding carboxylic acids is 1. The molecule has 124 valence electrons. The maximum absolute atomic E-state index is 12.1. The first-order valence-electron chi connectivity index (χ1n) is 8.08. The van der Waals surface area contributed by atoms with Crippen LogP contribution in [0.5, 0.6) is 0 Å². The second kappa shape index (κ2) is 6.86. The standard InChI is InChI=1S/C16H22BrN5O/c1-11(2)7-8-21-12(3-6-16(21)23)9-18-14-4-5-15-19-10-13(17)22(15)20-14/h4-5,10-12H,3,6-9H2,1-2H3,(H,18,20). The molecule has 1 unspecified atom stereocenters. The zero-order chi connectivity index (χ0) is 16.4. The summed E-state index contributed by atoms with van der Waals surface area (Å²) < 4.78 is 2.57. The fourth-order valence-corrected chi connectivity index (χ4v) is 3.24. The third-order valence-corrected chi connectivity index (χ3v) is 4.78. The van der Waals surface area contributed by atoms with Crippen LogP contribution in [-0.2, 0) is 4.79 Å². The van der Waals surface area contributed by atoms with Crippen LogP contribution in [0.15, 0.2) is 22.9 Å². The van der Waals surface area contributed by atoms with E-state index in [1.807, 2.05) is 17.0 Å². The SMILES string of the molecule is CC(C)CCN1C(=O)CCC1CNc1ccc2ncc(Br)n2n1. The number of rotatable bonds is 6. The number of nitrogens with zero attached hydrogens (tertiary/aromatic N) is 4. The molecule has 1 fully saturated rings. The highest BCUT2D eigenvalue weighted by atomic mass is 79.9. The lowest BCUT2D eigenvalue weighted by Crippen LogP contribution is -2.38. The third kappa shape index (κ3) is 3.65. The molecular weight excluding hydrogens is 358 g/mol. The van der Waals surface area contributed by atoms with Crippen LogP contribution in [0.3, 0.4) is 0 Å². The van der Waals surface area contributed by atoms with Crippen LogP contribution in [0.4, 0.5) is 5.82 Å². The van der Waals surface area contributed by atoms with Gasteiger partial charge < -0.3 is 10.2 Å². The number of likely N-dealkylation sites (tertiary alicyclic amines) is 1. The number of amides is 1. The number of anilines is 1. The van der Waals surface area contributed by atoms with E-state index < -0.39 is 0 Å². The fraction of sp³-hybridized carbons (Fsp3) is 0.562. The summed E-state index contributed by atoms with van der Waals surface area (Å²) in [5.41, 5.74) is 0.803. The first-order chi connectivity index (χ1) is 11.0. The first-order valence-corrected chi connectivity index (χ1v) is 8.87. The van der Waals surface area contributed by atoms with E-state index in [9.17, 15) is 4.79 Å². The Labute approximate surface area is 144 Å². The Morgan fingerprint density at radius 1 is 1.43 bits per heavy atom. The van der Waals surface area contributed by atoms with Crippen LogP contribution in [-0.4, -0.2) is 44.5 Å². The molecule has 1 aliphatic heterocycles. The Bertz CT molecular complexity index is 699. The van der Waals surface area contributed by atoms with Crippen molar-refractivity contribution in [2.24, 2.45) is 5.92 Å². The molecule has 7 heteroatoms. The molecule has 1 atom stereocenters. The average Bonchev–Trinajstić information content (AvgIpc) is 3.06. The molecule has 0 aliphatic carbocycles. The molecule has 0 saturated carbocycles. The van der Waals surface area contributed by atoms with Crippen LogP contribution in [0.2, 0.25) is 0 Å². The highest BCUT2D eigenvalue weighted by Crippen LogP contribution is 2.21. The normalized spacial score (nSPS) is 18.3. The number of hydrogen-bond donors (Lipinski definition) is 1. The van der Waals surface area contributed by atoms with Crippen LogP contribution < -0.4 is 5.32 Å². The maximum atomic E-state index is 12.1. The Morgan fingerprint density at radius 2 is 2.26 bits per heavy atom. The van der Waals surface area contributed by atoms with E-state index in [-0.39, 0.29) is 11.9 Å². The predicted molar refractivity (Wildman–Crippen MR) is 93.4 cm³/mol. The van der Waals surface area contributed by atoms with Gasteiger partial charge in [0.15, 0.2) is 5.65 Å². The van der Waals surface area contributed by atoms with Crippen molar-refractivity contribution in [3.05, 3.63) is 22.9 Å². The first kappa shape index (κ1) is 16.2. The van der Waals surface area contributed by atoms with Gasteiger partial charge in [-0.05, 0) is 46.8 Å². The summed E-state index contributed by atoms with van der Waals surface area (Å²) in [6, 6.07) is 4.10. The Kier molecular flexibility index (Phi) is 4.84. The number of aromatic nitrogens is 3. The van der Waals surface area contributed by atoms with Crippen molar-refractivity contribution < 1.29 is 4.79 Å². The highest BCUT2D eigenvalue weighted by Gasteiger charge is 2.30. The summed E-state index contributed by atoms with van der Waals surface area (Å²) >= 11 is 3.43. The Balaban J connectivity index is 1.63. The lowest BCUT2D eigenvalue weighted by Gasteiger charge is -2.26. The highest BCUT2D eigenvalue weighted by molar-refractivity contribution is 9.10. The van der Waals surface area contributed by atoms with E-state index >= 15 is 0 Å². The molecule has 0 aromatic carbocycles. The van der Waals surface area contributed by atoms with Crippen molar-refractivity contribution in [1.82, 2.24) is 19.5 Å². The number of halogens is 1. The lowest BCUT2D eigenvalue weighted by atomic mass is 10.1. The average molecular weight is 380 g/mol. The molecule has 1 saturated heterocycles. The molecule has 1 aliphatic rings. The van der Waals surface area contributed by atoms with Gasteiger partial charge in [-0.25, -0.2) is 9.50 Å². The van der Waals surface area contributed by atoms with Gasteiger partial charge in [-0.2, -0.15) is 0 Å². The van der Waals surface area contributed by atoms with Gasteiger partial charge in [0.25, 0.3) is 0 Å². The molecule has 1 amide bonds. The summed E-state index contributed by atoms with van der Waals surface area (Å²) in [7, 11) is 0. The van der Waals surface area contributed by atoms with Crippen LogP contribution >= 0.6 is 15.9 Å². The summed E-state index contributed by atoms with van der Waals surface area (Å²) in [5.74, 6) is 1.68. The molecule has 6 nitrogen and oxygen atoms in total. The van der Waals surface area contributed by atoms with E-state index in [0.29, 0.717) is 12.3 Å². The second-order valence-electron chi connectivity index (χ2n) is 6.41. The molecule has 0 radical (unpaired) electrons. The zero-order valence-corrected chi connectivity index (χ0v) is 15.1. The van der Waals surface area contributed by atoms with Gasteiger partial charge in [0.2, 0.25) is 5.91 Å². The quantitative estimate of drug-likeness (QED) is 0.837. The number of nitrogens with one attached hydrogen (secondary N) is 1. The minimum Gasteiger partial charge on any atom is -0.367 e. The van der Waals surface area contributed by atoms with E-state index in [4.69, 9.17) is 0 Å². The molecule has 0 spiro atoms. The monoisotopic (exact) mass is 379 g/mol. The van der Waals surface area contributed by atoms with Crippen molar-refractivity contribution >= 4 is 33.3 Å².